The fourth-order valence-corrected chi connectivity index (χ4v) is 5.86. The molecule has 4 aromatic rings. The van der Waals surface area contributed by atoms with Crippen molar-refractivity contribution in [3.63, 3.8) is 0 Å². The molecule has 0 bridgehead atoms. The second kappa shape index (κ2) is 7.32. The standard InChI is InChI=1S/C18H13N3O4S3/c22-18(20-23)16-10-11-9-12(4-5-14(11)26-16)21-28(24,25)17-7-6-15(27-17)13-3-1-2-8-19-13/h1-10,21,23H,(H,20,22). The van der Waals surface area contributed by atoms with Crippen molar-refractivity contribution in [2.24, 2.45) is 0 Å². The highest BCUT2D eigenvalue weighted by Gasteiger charge is 2.18. The third-order valence-electron chi connectivity index (χ3n) is 3.86. The lowest BCUT2D eigenvalue weighted by Gasteiger charge is -2.06. The molecule has 10 heteroatoms. The van der Waals surface area contributed by atoms with Crippen molar-refractivity contribution in [3.05, 3.63) is 65.7 Å². The first kappa shape index (κ1) is 18.6. The molecule has 4 rings (SSSR count). The van der Waals surface area contributed by atoms with Crippen molar-refractivity contribution in [1.29, 1.82) is 0 Å². The normalized spacial score (nSPS) is 11.5. The van der Waals surface area contributed by atoms with Gasteiger partial charge in [-0.2, -0.15) is 0 Å². The van der Waals surface area contributed by atoms with Crippen LogP contribution in [0, 0.1) is 0 Å². The largest absolute Gasteiger partial charge is 0.288 e. The maximum Gasteiger partial charge on any atom is 0.284 e. The molecule has 0 atom stereocenters. The molecule has 7 nitrogen and oxygen atoms in total. The van der Waals surface area contributed by atoms with Crippen LogP contribution in [0.5, 0.6) is 0 Å². The first-order chi connectivity index (χ1) is 13.5. The van der Waals surface area contributed by atoms with Crippen molar-refractivity contribution in [2.45, 2.75) is 4.21 Å². The monoisotopic (exact) mass is 431 g/mol. The van der Waals surface area contributed by atoms with Gasteiger partial charge in [0.15, 0.2) is 0 Å². The van der Waals surface area contributed by atoms with Crippen molar-refractivity contribution in [2.75, 3.05) is 4.72 Å². The molecule has 3 aromatic heterocycles. The summed E-state index contributed by atoms with van der Waals surface area (Å²) in [6.07, 6.45) is 1.66. The van der Waals surface area contributed by atoms with Gasteiger partial charge in [-0.25, -0.2) is 13.9 Å². The summed E-state index contributed by atoms with van der Waals surface area (Å²) in [5.74, 6) is -0.607. The van der Waals surface area contributed by atoms with Crippen LogP contribution in [0.1, 0.15) is 9.67 Å². The zero-order valence-corrected chi connectivity index (χ0v) is 16.6. The number of aromatic nitrogens is 1. The highest BCUT2D eigenvalue weighted by atomic mass is 32.2. The quantitative estimate of drug-likeness (QED) is 0.328. The van der Waals surface area contributed by atoms with Crippen LogP contribution in [0.15, 0.2) is 65.0 Å². The highest BCUT2D eigenvalue weighted by Crippen LogP contribution is 2.32. The second-order valence-corrected chi connectivity index (χ2v) is 9.82. The average Bonchev–Trinajstić information content (AvgIpc) is 3.35. The molecule has 0 aliphatic heterocycles. The van der Waals surface area contributed by atoms with Gasteiger partial charge in [-0.05, 0) is 53.9 Å². The Morgan fingerprint density at radius 3 is 2.64 bits per heavy atom. The molecule has 0 aliphatic carbocycles. The van der Waals surface area contributed by atoms with E-state index in [-0.39, 0.29) is 4.21 Å². The molecule has 142 valence electrons. The van der Waals surface area contributed by atoms with Crippen molar-refractivity contribution < 1.29 is 18.4 Å². The van der Waals surface area contributed by atoms with E-state index >= 15 is 0 Å². The van der Waals surface area contributed by atoms with Gasteiger partial charge in [0.25, 0.3) is 15.9 Å². The highest BCUT2D eigenvalue weighted by molar-refractivity contribution is 7.94. The Morgan fingerprint density at radius 2 is 1.89 bits per heavy atom. The van der Waals surface area contributed by atoms with Crippen LogP contribution in [0.4, 0.5) is 5.69 Å². The van der Waals surface area contributed by atoms with E-state index in [9.17, 15) is 13.2 Å². The number of anilines is 1. The van der Waals surface area contributed by atoms with E-state index < -0.39 is 15.9 Å². The van der Waals surface area contributed by atoms with E-state index in [1.54, 1.807) is 54.1 Å². The Balaban J connectivity index is 1.61. The molecular weight excluding hydrogens is 418 g/mol. The van der Waals surface area contributed by atoms with Gasteiger partial charge in [-0.3, -0.25) is 19.7 Å². The van der Waals surface area contributed by atoms with Gasteiger partial charge < -0.3 is 0 Å². The van der Waals surface area contributed by atoms with Crippen LogP contribution >= 0.6 is 22.7 Å². The van der Waals surface area contributed by atoms with Gasteiger partial charge in [0.2, 0.25) is 0 Å². The minimum Gasteiger partial charge on any atom is -0.288 e. The van der Waals surface area contributed by atoms with E-state index in [1.807, 2.05) is 12.1 Å². The first-order valence-corrected chi connectivity index (χ1v) is 11.1. The van der Waals surface area contributed by atoms with Gasteiger partial charge in [0.1, 0.15) is 4.21 Å². The first-order valence-electron chi connectivity index (χ1n) is 7.98. The van der Waals surface area contributed by atoms with Gasteiger partial charge in [-0.15, -0.1) is 22.7 Å². The summed E-state index contributed by atoms with van der Waals surface area (Å²) in [4.78, 5) is 16.9. The van der Waals surface area contributed by atoms with Crippen LogP contribution in [0.3, 0.4) is 0 Å². The van der Waals surface area contributed by atoms with Crippen LogP contribution in [0.25, 0.3) is 20.7 Å². The van der Waals surface area contributed by atoms with Crippen LogP contribution in [0.2, 0.25) is 0 Å². The summed E-state index contributed by atoms with van der Waals surface area (Å²) in [5.41, 5.74) is 2.68. The number of sulfonamides is 1. The van der Waals surface area contributed by atoms with E-state index in [0.29, 0.717) is 21.6 Å². The zero-order valence-electron chi connectivity index (χ0n) is 14.1. The number of pyridine rings is 1. The number of amides is 1. The lowest BCUT2D eigenvalue weighted by Crippen LogP contribution is -2.16. The SMILES string of the molecule is O=C(NO)c1cc2cc(NS(=O)(=O)c3ccc(-c4ccccn4)s3)ccc2s1. The molecule has 28 heavy (non-hydrogen) atoms. The lowest BCUT2D eigenvalue weighted by molar-refractivity contribution is 0.0711. The number of hydrogen-bond donors (Lipinski definition) is 3. The number of carbonyl (C=O) groups excluding carboxylic acids is 1. The molecule has 3 N–H and O–H groups in total. The molecule has 0 spiro atoms. The van der Waals surface area contributed by atoms with Crippen LogP contribution < -0.4 is 10.2 Å². The number of nitrogens with zero attached hydrogens (tertiary/aromatic N) is 1. The third kappa shape index (κ3) is 3.62. The number of hydrogen-bond acceptors (Lipinski definition) is 7. The second-order valence-electron chi connectivity index (χ2n) is 5.74. The van der Waals surface area contributed by atoms with E-state index in [1.165, 1.54) is 11.3 Å². The minimum absolute atomic E-state index is 0.180. The van der Waals surface area contributed by atoms with Gasteiger partial charge in [0, 0.05) is 16.6 Å². The molecule has 0 aliphatic rings. The average molecular weight is 432 g/mol. The van der Waals surface area contributed by atoms with Gasteiger partial charge >= 0.3 is 0 Å². The topological polar surface area (TPSA) is 108 Å². The zero-order chi connectivity index (χ0) is 19.7. The summed E-state index contributed by atoms with van der Waals surface area (Å²) in [5, 5.41) is 9.44. The maximum atomic E-state index is 12.7. The van der Waals surface area contributed by atoms with E-state index in [0.717, 1.165) is 20.9 Å². The number of nitrogens with one attached hydrogen (secondary N) is 2. The molecular formula is C18H13N3O4S3. The predicted molar refractivity (Wildman–Crippen MR) is 109 cm³/mol. The Kier molecular flexibility index (Phi) is 4.85. The summed E-state index contributed by atoms with van der Waals surface area (Å²) in [7, 11) is -3.76. The van der Waals surface area contributed by atoms with Crippen LogP contribution in [-0.2, 0) is 10.0 Å². The Morgan fingerprint density at radius 1 is 1.04 bits per heavy atom. The summed E-state index contributed by atoms with van der Waals surface area (Å²) < 4.78 is 29.0. The molecule has 0 fully saturated rings. The van der Waals surface area contributed by atoms with E-state index in [4.69, 9.17) is 5.21 Å². The lowest BCUT2D eigenvalue weighted by atomic mass is 10.2. The molecule has 0 unspecified atom stereocenters. The van der Waals surface area contributed by atoms with Crippen LogP contribution in [-0.4, -0.2) is 24.5 Å². The van der Waals surface area contributed by atoms with Crippen molar-refractivity contribution in [3.8, 4) is 10.6 Å². The van der Waals surface area contributed by atoms with Crippen molar-refractivity contribution in [1.82, 2.24) is 10.5 Å². The summed E-state index contributed by atoms with van der Waals surface area (Å²) >= 11 is 2.34. The Labute approximate surface area is 168 Å². The number of hydroxylamine groups is 1. The number of rotatable bonds is 5. The number of fused-ring (bicyclic) bond motifs is 1. The Hall–Kier alpha value is -2.79. The summed E-state index contributed by atoms with van der Waals surface area (Å²) in [6, 6.07) is 15.3. The molecule has 1 amide bonds. The summed E-state index contributed by atoms with van der Waals surface area (Å²) in [6.45, 7) is 0. The number of carbonyl (C=O) groups is 1. The third-order valence-corrected chi connectivity index (χ3v) is 7.95. The molecule has 3 heterocycles. The maximum absolute atomic E-state index is 12.7. The molecule has 0 saturated heterocycles. The Bertz CT molecular complexity index is 1260. The number of thiophene rings is 2. The van der Waals surface area contributed by atoms with E-state index in [2.05, 4.69) is 9.71 Å². The van der Waals surface area contributed by atoms with Gasteiger partial charge in [0.05, 0.1) is 15.4 Å². The fraction of sp³-hybridized carbons (Fsp3) is 0. The molecule has 0 radical (unpaired) electrons. The molecule has 1 aromatic carbocycles. The predicted octanol–water partition coefficient (Wildman–Crippen LogP) is 3.94. The minimum atomic E-state index is -3.76. The fourth-order valence-electron chi connectivity index (χ4n) is 2.59. The smallest absolute Gasteiger partial charge is 0.284 e. The molecule has 0 saturated carbocycles. The van der Waals surface area contributed by atoms with Gasteiger partial charge in [-0.1, -0.05) is 6.07 Å². The van der Waals surface area contributed by atoms with Crippen molar-refractivity contribution >= 4 is 54.4 Å². The number of benzene rings is 1.